The van der Waals surface area contributed by atoms with Gasteiger partial charge in [0.05, 0.1) is 22.1 Å². The Labute approximate surface area is 178 Å². The monoisotopic (exact) mass is 437 g/mol. The van der Waals surface area contributed by atoms with Crippen LogP contribution in [0.3, 0.4) is 0 Å². The molecule has 1 amide bonds. The molecular weight excluding hydrogens is 417 g/mol. The van der Waals surface area contributed by atoms with Crippen LogP contribution in [0.25, 0.3) is 11.0 Å². The maximum Gasteiger partial charge on any atom is 0.261 e. The molecule has 8 heteroatoms. The quantitative estimate of drug-likeness (QED) is 0.504. The lowest BCUT2D eigenvalue weighted by Gasteiger charge is -2.20. The number of hydrogen-bond donors (Lipinski definition) is 2. The average Bonchev–Trinajstić information content (AvgIpc) is 3.11. The van der Waals surface area contributed by atoms with Crippen LogP contribution in [0.5, 0.6) is 5.75 Å². The molecule has 3 aromatic rings. The number of aromatic nitrogens is 2. The number of thioether (sulfide) groups is 1. The molecule has 0 unspecified atom stereocenters. The number of imidazole rings is 1. The summed E-state index contributed by atoms with van der Waals surface area (Å²) in [5.74, 6) is 1.80. The Bertz CT molecular complexity index is 931. The molecule has 0 saturated heterocycles. The number of nitrogens with zero attached hydrogens (tertiary/aromatic N) is 1. The van der Waals surface area contributed by atoms with Gasteiger partial charge in [-0.05, 0) is 55.7 Å². The molecule has 0 bridgehead atoms. The highest BCUT2D eigenvalue weighted by atomic mass is 35.5. The number of halogens is 2. The Morgan fingerprint density at radius 1 is 1.29 bits per heavy atom. The van der Waals surface area contributed by atoms with Crippen molar-refractivity contribution in [3.8, 4) is 5.75 Å². The predicted octanol–water partition coefficient (Wildman–Crippen LogP) is 5.25. The Morgan fingerprint density at radius 2 is 2.07 bits per heavy atom. The number of ether oxygens (including phenoxy) is 1. The van der Waals surface area contributed by atoms with Crippen molar-refractivity contribution < 1.29 is 9.53 Å². The minimum absolute atomic E-state index is 0.237. The fourth-order valence-corrected chi connectivity index (χ4v) is 3.68. The van der Waals surface area contributed by atoms with Crippen molar-refractivity contribution in [3.63, 3.8) is 0 Å². The van der Waals surface area contributed by atoms with Crippen LogP contribution in [-0.4, -0.2) is 34.0 Å². The van der Waals surface area contributed by atoms with E-state index in [4.69, 9.17) is 27.9 Å². The number of aromatic amines is 1. The van der Waals surface area contributed by atoms with E-state index in [9.17, 15) is 4.79 Å². The topological polar surface area (TPSA) is 67.0 Å². The molecular formula is C20H21Cl2N3O2S. The van der Waals surface area contributed by atoms with E-state index >= 15 is 0 Å². The molecule has 1 heterocycles. The summed E-state index contributed by atoms with van der Waals surface area (Å²) in [6.45, 7) is 1.69. The highest BCUT2D eigenvalue weighted by Crippen LogP contribution is 2.28. The molecule has 5 nitrogen and oxygen atoms in total. The van der Waals surface area contributed by atoms with Crippen LogP contribution in [0.2, 0.25) is 10.0 Å². The second-order valence-electron chi connectivity index (χ2n) is 6.32. The van der Waals surface area contributed by atoms with Gasteiger partial charge in [-0.2, -0.15) is 11.8 Å². The standard InChI is InChI=1S/C20H21Cl2N3O2S/c1-12(27-18-8-7-13(21)11-14(18)22)20(26)25-17(9-10-28-2)19-23-15-5-3-4-6-16(15)24-19/h3-8,11-12,17H,9-10H2,1-2H3,(H,23,24)(H,25,26)/t12-,17-/m0/s1. The Hall–Kier alpha value is -1.89. The molecule has 2 atom stereocenters. The van der Waals surface area contributed by atoms with Crippen molar-refractivity contribution in [1.82, 2.24) is 15.3 Å². The van der Waals surface area contributed by atoms with E-state index in [1.165, 1.54) is 0 Å². The van der Waals surface area contributed by atoms with Crippen molar-refractivity contribution in [2.45, 2.75) is 25.5 Å². The van der Waals surface area contributed by atoms with E-state index in [2.05, 4.69) is 15.3 Å². The van der Waals surface area contributed by atoms with Gasteiger partial charge in [0.25, 0.3) is 5.91 Å². The Morgan fingerprint density at radius 3 is 2.79 bits per heavy atom. The van der Waals surface area contributed by atoms with Crippen LogP contribution in [0, 0.1) is 0 Å². The third kappa shape index (κ3) is 5.13. The van der Waals surface area contributed by atoms with Crippen LogP contribution >= 0.6 is 35.0 Å². The summed E-state index contributed by atoms with van der Waals surface area (Å²) in [6.07, 6.45) is 2.06. The first-order chi connectivity index (χ1) is 13.5. The van der Waals surface area contributed by atoms with Crippen LogP contribution in [0.1, 0.15) is 25.2 Å². The molecule has 0 aliphatic rings. The first-order valence-corrected chi connectivity index (χ1v) is 11.0. The molecule has 28 heavy (non-hydrogen) atoms. The second kappa shape index (κ2) is 9.54. The number of hydrogen-bond acceptors (Lipinski definition) is 4. The lowest BCUT2D eigenvalue weighted by Crippen LogP contribution is -2.39. The van der Waals surface area contributed by atoms with Gasteiger partial charge in [-0.3, -0.25) is 4.79 Å². The van der Waals surface area contributed by atoms with Gasteiger partial charge in [-0.1, -0.05) is 35.3 Å². The molecule has 0 aliphatic heterocycles. The first kappa shape index (κ1) is 20.8. The number of amides is 1. The molecule has 1 aromatic heterocycles. The number of rotatable bonds is 8. The van der Waals surface area contributed by atoms with Crippen molar-refractivity contribution in [3.05, 3.63) is 58.3 Å². The Balaban J connectivity index is 1.73. The average molecular weight is 438 g/mol. The third-order valence-corrected chi connectivity index (χ3v) is 5.41. The zero-order chi connectivity index (χ0) is 20.1. The minimum atomic E-state index is -0.722. The highest BCUT2D eigenvalue weighted by Gasteiger charge is 2.23. The number of fused-ring (bicyclic) bond motifs is 1. The van der Waals surface area contributed by atoms with Gasteiger partial charge in [0.1, 0.15) is 11.6 Å². The summed E-state index contributed by atoms with van der Waals surface area (Å²) in [5.41, 5.74) is 1.82. The predicted molar refractivity (Wildman–Crippen MR) is 117 cm³/mol. The van der Waals surface area contributed by atoms with Crippen molar-refractivity contribution >= 4 is 51.9 Å². The van der Waals surface area contributed by atoms with Gasteiger partial charge < -0.3 is 15.0 Å². The number of nitrogens with one attached hydrogen (secondary N) is 2. The van der Waals surface area contributed by atoms with E-state index in [1.807, 2.05) is 30.5 Å². The van der Waals surface area contributed by atoms with Crippen LogP contribution < -0.4 is 10.1 Å². The van der Waals surface area contributed by atoms with Crippen LogP contribution in [-0.2, 0) is 4.79 Å². The van der Waals surface area contributed by atoms with Crippen LogP contribution in [0.15, 0.2) is 42.5 Å². The van der Waals surface area contributed by atoms with Crippen molar-refractivity contribution in [2.75, 3.05) is 12.0 Å². The van der Waals surface area contributed by atoms with E-state index in [0.29, 0.717) is 15.8 Å². The summed E-state index contributed by atoms with van der Waals surface area (Å²) in [5, 5.41) is 3.91. The number of benzene rings is 2. The molecule has 2 N–H and O–H groups in total. The van der Waals surface area contributed by atoms with Crippen LogP contribution in [0.4, 0.5) is 0 Å². The third-order valence-electron chi connectivity index (χ3n) is 4.23. The van der Waals surface area contributed by atoms with Gasteiger partial charge in [0, 0.05) is 5.02 Å². The SMILES string of the molecule is CSCC[C@H](NC(=O)[C@H](C)Oc1ccc(Cl)cc1Cl)c1nc2ccccc2[nH]1. The summed E-state index contributed by atoms with van der Waals surface area (Å²) in [6, 6.07) is 12.5. The summed E-state index contributed by atoms with van der Waals surface area (Å²) in [4.78, 5) is 20.7. The lowest BCUT2D eigenvalue weighted by atomic mass is 10.2. The molecule has 0 radical (unpaired) electrons. The molecule has 0 spiro atoms. The largest absolute Gasteiger partial charge is 0.479 e. The fourth-order valence-electron chi connectivity index (χ4n) is 2.75. The van der Waals surface area contributed by atoms with Gasteiger partial charge >= 0.3 is 0 Å². The number of carbonyl (C=O) groups is 1. The van der Waals surface area contributed by atoms with Gasteiger partial charge in [0.2, 0.25) is 0 Å². The first-order valence-electron chi connectivity index (χ1n) is 8.83. The molecule has 3 rings (SSSR count). The summed E-state index contributed by atoms with van der Waals surface area (Å²) in [7, 11) is 0. The number of carbonyl (C=O) groups excluding carboxylic acids is 1. The van der Waals surface area contributed by atoms with E-state index < -0.39 is 6.10 Å². The molecule has 2 aromatic carbocycles. The maximum absolute atomic E-state index is 12.7. The zero-order valence-electron chi connectivity index (χ0n) is 15.5. The molecule has 0 aliphatic carbocycles. The normalized spacial score (nSPS) is 13.3. The Kier molecular flexibility index (Phi) is 7.10. The lowest BCUT2D eigenvalue weighted by molar-refractivity contribution is -0.128. The van der Waals surface area contributed by atoms with Crippen molar-refractivity contribution in [1.29, 1.82) is 0 Å². The minimum Gasteiger partial charge on any atom is -0.479 e. The highest BCUT2D eigenvalue weighted by molar-refractivity contribution is 7.98. The van der Waals surface area contributed by atoms with E-state index in [1.54, 1.807) is 36.9 Å². The zero-order valence-corrected chi connectivity index (χ0v) is 17.9. The summed E-state index contributed by atoms with van der Waals surface area (Å²) >= 11 is 13.8. The van der Waals surface area contributed by atoms with Gasteiger partial charge in [0.15, 0.2) is 6.10 Å². The number of H-pyrrole nitrogens is 1. The molecule has 148 valence electrons. The summed E-state index contributed by atoms with van der Waals surface area (Å²) < 4.78 is 5.72. The van der Waals surface area contributed by atoms with Gasteiger partial charge in [-0.25, -0.2) is 4.98 Å². The van der Waals surface area contributed by atoms with E-state index in [0.717, 1.165) is 29.0 Å². The number of para-hydroxylation sites is 2. The van der Waals surface area contributed by atoms with E-state index in [-0.39, 0.29) is 11.9 Å². The second-order valence-corrected chi connectivity index (χ2v) is 8.15. The molecule has 0 saturated carbocycles. The molecule has 0 fully saturated rings. The smallest absolute Gasteiger partial charge is 0.261 e. The fraction of sp³-hybridized carbons (Fsp3) is 0.300. The van der Waals surface area contributed by atoms with Gasteiger partial charge in [-0.15, -0.1) is 0 Å². The maximum atomic E-state index is 12.7. The van der Waals surface area contributed by atoms with Crippen molar-refractivity contribution in [2.24, 2.45) is 0 Å².